The van der Waals surface area contributed by atoms with Crippen molar-refractivity contribution in [1.29, 1.82) is 0 Å². The molecule has 0 bridgehead atoms. The minimum Gasteiger partial charge on any atom is -0.387 e. The van der Waals surface area contributed by atoms with Crippen molar-refractivity contribution in [3.8, 4) is 0 Å². The maximum Gasteiger partial charge on any atom is 0.270 e. The molecule has 8 nitrogen and oxygen atoms in total. The summed E-state index contributed by atoms with van der Waals surface area (Å²) in [5, 5.41) is 18.9. The standard InChI is InChI=1S/C17H17BrN4O4/c1-10-7-11(18)3-5-14(10)21-16(23)9-20-17(24)13-8-12(22(25)26)4-6-15(13)19-2/h3-8,19H,9H2,1-2H3,(H,20,24)(H,21,23). The molecule has 0 aliphatic heterocycles. The topological polar surface area (TPSA) is 113 Å². The van der Waals surface area contributed by atoms with Crippen molar-refractivity contribution in [3.05, 3.63) is 62.1 Å². The van der Waals surface area contributed by atoms with Crippen molar-refractivity contribution < 1.29 is 14.5 Å². The molecule has 0 saturated heterocycles. The summed E-state index contributed by atoms with van der Waals surface area (Å²) >= 11 is 3.34. The minimum absolute atomic E-state index is 0.0920. The highest BCUT2D eigenvalue weighted by Crippen LogP contribution is 2.22. The zero-order chi connectivity index (χ0) is 19.3. The highest BCUT2D eigenvalue weighted by Gasteiger charge is 2.17. The Morgan fingerprint density at radius 1 is 1.15 bits per heavy atom. The Bertz CT molecular complexity index is 870. The maximum atomic E-state index is 12.3. The van der Waals surface area contributed by atoms with Gasteiger partial charge in [0.1, 0.15) is 0 Å². The van der Waals surface area contributed by atoms with E-state index in [-0.39, 0.29) is 17.8 Å². The molecule has 0 heterocycles. The minimum atomic E-state index is -0.584. The van der Waals surface area contributed by atoms with E-state index in [9.17, 15) is 19.7 Å². The molecule has 0 aliphatic carbocycles. The number of hydrogen-bond donors (Lipinski definition) is 3. The number of carbonyl (C=O) groups excluding carboxylic acids is 2. The van der Waals surface area contributed by atoms with Gasteiger partial charge in [-0.3, -0.25) is 19.7 Å². The monoisotopic (exact) mass is 420 g/mol. The first-order chi connectivity index (χ1) is 12.3. The molecule has 0 aromatic heterocycles. The van der Waals surface area contributed by atoms with Gasteiger partial charge in [-0.15, -0.1) is 0 Å². The molecule has 9 heteroatoms. The lowest BCUT2D eigenvalue weighted by atomic mass is 10.1. The van der Waals surface area contributed by atoms with Gasteiger partial charge in [-0.1, -0.05) is 15.9 Å². The van der Waals surface area contributed by atoms with Gasteiger partial charge in [0, 0.05) is 35.0 Å². The summed E-state index contributed by atoms with van der Waals surface area (Å²) in [6.45, 7) is 1.58. The first-order valence-corrected chi connectivity index (χ1v) is 8.41. The summed E-state index contributed by atoms with van der Waals surface area (Å²) in [6, 6.07) is 9.31. The van der Waals surface area contributed by atoms with E-state index in [0.29, 0.717) is 11.4 Å². The normalized spacial score (nSPS) is 10.1. The second kappa shape index (κ2) is 8.43. The number of non-ortho nitro benzene ring substituents is 1. The molecule has 2 aromatic rings. The number of hydrogen-bond acceptors (Lipinski definition) is 5. The van der Waals surface area contributed by atoms with E-state index in [1.54, 1.807) is 19.2 Å². The predicted octanol–water partition coefficient (Wildman–Crippen LogP) is 3.08. The summed E-state index contributed by atoms with van der Waals surface area (Å²) in [6.07, 6.45) is 0. The van der Waals surface area contributed by atoms with Crippen LogP contribution in [0.4, 0.5) is 17.1 Å². The van der Waals surface area contributed by atoms with Crippen molar-refractivity contribution in [3.63, 3.8) is 0 Å². The van der Waals surface area contributed by atoms with E-state index in [0.717, 1.165) is 16.1 Å². The molecule has 3 N–H and O–H groups in total. The Kier molecular flexibility index (Phi) is 6.29. The number of anilines is 2. The van der Waals surface area contributed by atoms with Crippen molar-refractivity contribution in [2.24, 2.45) is 0 Å². The smallest absolute Gasteiger partial charge is 0.270 e. The van der Waals surface area contributed by atoms with Crippen LogP contribution in [0.25, 0.3) is 0 Å². The molecule has 0 aliphatic rings. The van der Waals surface area contributed by atoms with Crippen LogP contribution in [-0.2, 0) is 4.79 Å². The Morgan fingerprint density at radius 2 is 1.85 bits per heavy atom. The summed E-state index contributed by atoms with van der Waals surface area (Å²) in [5.74, 6) is -0.985. The molecule has 0 radical (unpaired) electrons. The molecule has 136 valence electrons. The molecule has 0 unspecified atom stereocenters. The Hall–Kier alpha value is -2.94. The van der Waals surface area contributed by atoms with Crippen LogP contribution in [0.5, 0.6) is 0 Å². The molecule has 2 aromatic carbocycles. The number of amides is 2. The van der Waals surface area contributed by atoms with Crippen molar-refractivity contribution >= 4 is 44.8 Å². The highest BCUT2D eigenvalue weighted by molar-refractivity contribution is 9.10. The Labute approximate surface area is 158 Å². The number of carbonyl (C=O) groups is 2. The first kappa shape index (κ1) is 19.4. The summed E-state index contributed by atoms with van der Waals surface area (Å²) in [7, 11) is 1.60. The van der Waals surface area contributed by atoms with E-state index in [2.05, 4.69) is 31.9 Å². The van der Waals surface area contributed by atoms with Gasteiger partial charge in [0.15, 0.2) is 0 Å². The third-order valence-corrected chi connectivity index (χ3v) is 4.09. The largest absolute Gasteiger partial charge is 0.387 e. The highest BCUT2D eigenvalue weighted by atomic mass is 79.9. The maximum absolute atomic E-state index is 12.3. The molecular weight excluding hydrogens is 404 g/mol. The lowest BCUT2D eigenvalue weighted by Gasteiger charge is -2.11. The van der Waals surface area contributed by atoms with E-state index >= 15 is 0 Å². The molecule has 26 heavy (non-hydrogen) atoms. The van der Waals surface area contributed by atoms with Crippen LogP contribution in [0.2, 0.25) is 0 Å². The van der Waals surface area contributed by atoms with Crippen LogP contribution in [-0.4, -0.2) is 30.3 Å². The quantitative estimate of drug-likeness (QED) is 0.490. The molecule has 0 fully saturated rings. The van der Waals surface area contributed by atoms with Gasteiger partial charge in [0.05, 0.1) is 17.0 Å². The molecule has 2 amide bonds. The van der Waals surface area contributed by atoms with E-state index in [1.807, 2.05) is 13.0 Å². The van der Waals surface area contributed by atoms with Gasteiger partial charge in [-0.2, -0.15) is 0 Å². The Balaban J connectivity index is 2.05. The zero-order valence-corrected chi connectivity index (χ0v) is 15.7. The summed E-state index contributed by atoms with van der Waals surface area (Å²) < 4.78 is 0.895. The second-order valence-electron chi connectivity index (χ2n) is 5.43. The number of nitro benzene ring substituents is 1. The predicted molar refractivity (Wildman–Crippen MR) is 102 cm³/mol. The number of nitrogens with one attached hydrogen (secondary N) is 3. The average molecular weight is 421 g/mol. The number of nitrogens with zero attached hydrogens (tertiary/aromatic N) is 1. The van der Waals surface area contributed by atoms with Crippen molar-refractivity contribution in [2.75, 3.05) is 24.2 Å². The number of nitro groups is 1. The number of halogens is 1. The van der Waals surface area contributed by atoms with Crippen LogP contribution in [0.1, 0.15) is 15.9 Å². The zero-order valence-electron chi connectivity index (χ0n) is 14.1. The van der Waals surface area contributed by atoms with Crippen LogP contribution < -0.4 is 16.0 Å². The third-order valence-electron chi connectivity index (χ3n) is 3.60. The van der Waals surface area contributed by atoms with E-state index in [1.165, 1.54) is 12.1 Å². The molecule has 0 saturated carbocycles. The van der Waals surface area contributed by atoms with Gasteiger partial charge < -0.3 is 16.0 Å². The summed E-state index contributed by atoms with van der Waals surface area (Å²) in [4.78, 5) is 34.7. The first-order valence-electron chi connectivity index (χ1n) is 7.62. The average Bonchev–Trinajstić information content (AvgIpc) is 2.61. The van der Waals surface area contributed by atoms with Gasteiger partial charge in [-0.05, 0) is 36.8 Å². The second-order valence-corrected chi connectivity index (χ2v) is 6.34. The van der Waals surface area contributed by atoms with Crippen LogP contribution in [0.15, 0.2) is 40.9 Å². The summed E-state index contributed by atoms with van der Waals surface area (Å²) in [5.41, 5.74) is 1.82. The fourth-order valence-corrected chi connectivity index (χ4v) is 2.74. The lowest BCUT2D eigenvalue weighted by molar-refractivity contribution is -0.384. The molecule has 2 rings (SSSR count). The van der Waals surface area contributed by atoms with Gasteiger partial charge in [-0.25, -0.2) is 0 Å². The number of benzene rings is 2. The van der Waals surface area contributed by atoms with Crippen molar-refractivity contribution in [1.82, 2.24) is 5.32 Å². The van der Waals surface area contributed by atoms with E-state index in [4.69, 9.17) is 0 Å². The fourth-order valence-electron chi connectivity index (χ4n) is 2.27. The van der Waals surface area contributed by atoms with Gasteiger partial charge >= 0.3 is 0 Å². The van der Waals surface area contributed by atoms with Crippen LogP contribution >= 0.6 is 15.9 Å². The van der Waals surface area contributed by atoms with Gasteiger partial charge in [0.2, 0.25) is 5.91 Å². The molecular formula is C17H17BrN4O4. The fraction of sp³-hybridized carbons (Fsp3) is 0.176. The molecule has 0 atom stereocenters. The van der Waals surface area contributed by atoms with Crippen molar-refractivity contribution in [2.45, 2.75) is 6.92 Å². The third kappa shape index (κ3) is 4.79. The van der Waals surface area contributed by atoms with Gasteiger partial charge in [0.25, 0.3) is 11.6 Å². The number of rotatable bonds is 6. The molecule has 0 spiro atoms. The van der Waals surface area contributed by atoms with E-state index < -0.39 is 16.7 Å². The lowest BCUT2D eigenvalue weighted by Crippen LogP contribution is -2.33. The number of aryl methyl sites for hydroxylation is 1. The van der Waals surface area contributed by atoms with Crippen LogP contribution in [0.3, 0.4) is 0 Å². The SMILES string of the molecule is CNc1ccc([N+](=O)[O-])cc1C(=O)NCC(=O)Nc1ccc(Br)cc1C. The Morgan fingerprint density at radius 3 is 2.46 bits per heavy atom. The van der Waals surface area contributed by atoms with Crippen LogP contribution in [0, 0.1) is 17.0 Å².